The fourth-order valence-electron chi connectivity index (χ4n) is 3.69. The van der Waals surface area contributed by atoms with E-state index in [9.17, 15) is 29.4 Å². The molecule has 0 aliphatic rings. The van der Waals surface area contributed by atoms with E-state index >= 15 is 0 Å². The first-order valence-corrected chi connectivity index (χ1v) is 12.3. The molecule has 2 amide bonds. The van der Waals surface area contributed by atoms with Gasteiger partial charge in [-0.2, -0.15) is 0 Å². The van der Waals surface area contributed by atoms with E-state index < -0.39 is 23.1 Å². The lowest BCUT2D eigenvalue weighted by atomic mass is 10.1. The highest BCUT2D eigenvalue weighted by molar-refractivity contribution is 8.00. The van der Waals surface area contributed by atoms with Crippen molar-refractivity contribution in [1.29, 1.82) is 0 Å². The molecule has 38 heavy (non-hydrogen) atoms. The standard InChI is InChI=1S/C29H22N2O6S/c32-26(23-14-4-5-15-24(23)29(36)37)30-21-12-7-13-22(17-21)38-25(18-8-2-1-3-9-18)27(33)31-20-11-6-10-19(16-20)28(34)35/h1-17,25H,(H,30,32)(H,31,33)(H,34,35)(H,36,37). The molecule has 0 saturated carbocycles. The quantitative estimate of drug-likeness (QED) is 0.202. The van der Waals surface area contributed by atoms with Crippen LogP contribution in [-0.4, -0.2) is 34.0 Å². The summed E-state index contributed by atoms with van der Waals surface area (Å²) in [5.41, 5.74) is 1.50. The van der Waals surface area contributed by atoms with E-state index in [2.05, 4.69) is 10.6 Å². The van der Waals surface area contributed by atoms with Gasteiger partial charge in [0.1, 0.15) is 5.25 Å². The molecule has 4 rings (SSSR count). The van der Waals surface area contributed by atoms with E-state index in [1.807, 2.05) is 30.3 Å². The molecule has 4 aromatic rings. The molecular formula is C29H22N2O6S. The molecule has 0 fully saturated rings. The highest BCUT2D eigenvalue weighted by Crippen LogP contribution is 2.37. The van der Waals surface area contributed by atoms with Gasteiger partial charge in [0.25, 0.3) is 5.91 Å². The molecule has 0 radical (unpaired) electrons. The molecule has 0 bridgehead atoms. The Balaban J connectivity index is 1.56. The summed E-state index contributed by atoms with van der Waals surface area (Å²) in [5.74, 6) is -3.22. The number of amides is 2. The highest BCUT2D eigenvalue weighted by Gasteiger charge is 2.23. The fourth-order valence-corrected chi connectivity index (χ4v) is 4.77. The summed E-state index contributed by atoms with van der Waals surface area (Å²) < 4.78 is 0. The predicted molar refractivity (Wildman–Crippen MR) is 145 cm³/mol. The third-order valence-corrected chi connectivity index (χ3v) is 6.71. The Labute approximate surface area is 222 Å². The van der Waals surface area contributed by atoms with Crippen LogP contribution in [-0.2, 0) is 4.79 Å². The topological polar surface area (TPSA) is 133 Å². The lowest BCUT2D eigenvalue weighted by Gasteiger charge is -2.18. The first kappa shape index (κ1) is 26.2. The maximum absolute atomic E-state index is 13.3. The number of hydrogen-bond donors (Lipinski definition) is 4. The van der Waals surface area contributed by atoms with Crippen molar-refractivity contribution in [3.8, 4) is 0 Å². The molecule has 4 N–H and O–H groups in total. The SMILES string of the molecule is O=C(O)c1cccc(NC(=O)C(Sc2cccc(NC(=O)c3ccccc3C(=O)O)c2)c2ccccc2)c1. The van der Waals surface area contributed by atoms with Crippen molar-refractivity contribution in [2.24, 2.45) is 0 Å². The molecule has 0 spiro atoms. The molecule has 0 aliphatic carbocycles. The Bertz CT molecular complexity index is 1510. The first-order valence-electron chi connectivity index (χ1n) is 11.4. The molecule has 8 nitrogen and oxygen atoms in total. The van der Waals surface area contributed by atoms with Crippen molar-refractivity contribution in [2.75, 3.05) is 10.6 Å². The average Bonchev–Trinajstić information content (AvgIpc) is 2.92. The maximum Gasteiger partial charge on any atom is 0.336 e. The van der Waals surface area contributed by atoms with Gasteiger partial charge in [-0.1, -0.05) is 54.6 Å². The van der Waals surface area contributed by atoms with Crippen LogP contribution in [0.5, 0.6) is 0 Å². The molecule has 0 aliphatic heterocycles. The number of carboxylic acids is 2. The number of benzene rings is 4. The third-order valence-electron chi connectivity index (χ3n) is 5.47. The van der Waals surface area contributed by atoms with Crippen LogP contribution in [0.2, 0.25) is 0 Å². The molecule has 1 atom stereocenters. The highest BCUT2D eigenvalue weighted by atomic mass is 32.2. The fraction of sp³-hybridized carbons (Fsp3) is 0.0345. The average molecular weight is 527 g/mol. The Morgan fingerprint density at radius 3 is 1.95 bits per heavy atom. The molecule has 0 saturated heterocycles. The van der Waals surface area contributed by atoms with Crippen LogP contribution in [0.3, 0.4) is 0 Å². The maximum atomic E-state index is 13.3. The molecule has 190 valence electrons. The van der Waals surface area contributed by atoms with Crippen LogP contribution in [0.1, 0.15) is 41.9 Å². The summed E-state index contributed by atoms with van der Waals surface area (Å²) >= 11 is 1.25. The molecular weight excluding hydrogens is 504 g/mol. The van der Waals surface area contributed by atoms with Gasteiger partial charge in [0.15, 0.2) is 0 Å². The van der Waals surface area contributed by atoms with Crippen LogP contribution in [0.4, 0.5) is 11.4 Å². The van der Waals surface area contributed by atoms with Gasteiger partial charge in [-0.3, -0.25) is 9.59 Å². The summed E-state index contributed by atoms with van der Waals surface area (Å²) in [7, 11) is 0. The van der Waals surface area contributed by atoms with E-state index in [0.29, 0.717) is 16.3 Å². The number of carboxylic acid groups (broad SMARTS) is 2. The zero-order chi connectivity index (χ0) is 27.1. The number of hydrogen-bond acceptors (Lipinski definition) is 5. The van der Waals surface area contributed by atoms with Gasteiger partial charge in [0.2, 0.25) is 5.91 Å². The number of carbonyl (C=O) groups is 4. The molecule has 9 heteroatoms. The van der Waals surface area contributed by atoms with E-state index in [-0.39, 0.29) is 22.6 Å². The van der Waals surface area contributed by atoms with E-state index in [0.717, 1.165) is 5.56 Å². The van der Waals surface area contributed by atoms with Gasteiger partial charge < -0.3 is 20.8 Å². The van der Waals surface area contributed by atoms with E-state index in [1.54, 1.807) is 48.5 Å². The molecule has 1 unspecified atom stereocenters. The minimum atomic E-state index is -1.20. The molecule has 0 heterocycles. The van der Waals surface area contributed by atoms with E-state index in [1.165, 1.54) is 36.0 Å². The van der Waals surface area contributed by atoms with Gasteiger partial charge >= 0.3 is 11.9 Å². The Hall–Kier alpha value is -4.89. The minimum Gasteiger partial charge on any atom is -0.478 e. The van der Waals surface area contributed by atoms with Crippen molar-refractivity contribution < 1.29 is 29.4 Å². The lowest BCUT2D eigenvalue weighted by Crippen LogP contribution is -2.19. The van der Waals surface area contributed by atoms with Gasteiger partial charge in [-0.15, -0.1) is 11.8 Å². The number of anilines is 2. The summed E-state index contributed by atoms with van der Waals surface area (Å²) in [6.07, 6.45) is 0. The Morgan fingerprint density at radius 1 is 0.632 bits per heavy atom. The summed E-state index contributed by atoms with van der Waals surface area (Å²) in [6, 6.07) is 27.9. The number of rotatable bonds is 9. The van der Waals surface area contributed by atoms with Gasteiger partial charge in [0.05, 0.1) is 16.7 Å². The summed E-state index contributed by atoms with van der Waals surface area (Å²) in [4.78, 5) is 49.6. The second kappa shape index (κ2) is 11.9. The summed E-state index contributed by atoms with van der Waals surface area (Å²) in [5, 5.41) is 23.5. The van der Waals surface area contributed by atoms with Gasteiger partial charge in [-0.25, -0.2) is 9.59 Å². The molecule has 0 aromatic heterocycles. The number of aromatic carboxylic acids is 2. The van der Waals surface area contributed by atoms with Crippen LogP contribution in [0, 0.1) is 0 Å². The molecule has 4 aromatic carbocycles. The van der Waals surface area contributed by atoms with Crippen molar-refractivity contribution in [1.82, 2.24) is 0 Å². The first-order chi connectivity index (χ1) is 18.3. The van der Waals surface area contributed by atoms with Crippen LogP contribution < -0.4 is 10.6 Å². The number of thioether (sulfide) groups is 1. The second-order valence-corrected chi connectivity index (χ2v) is 9.29. The zero-order valence-corrected chi connectivity index (χ0v) is 20.6. The van der Waals surface area contributed by atoms with Crippen molar-refractivity contribution in [3.63, 3.8) is 0 Å². The van der Waals surface area contributed by atoms with Crippen LogP contribution >= 0.6 is 11.8 Å². The third kappa shape index (κ3) is 6.45. The zero-order valence-electron chi connectivity index (χ0n) is 19.8. The van der Waals surface area contributed by atoms with Crippen molar-refractivity contribution >= 4 is 46.9 Å². The summed E-state index contributed by atoms with van der Waals surface area (Å²) in [6.45, 7) is 0. The number of nitrogens with one attached hydrogen (secondary N) is 2. The monoisotopic (exact) mass is 526 g/mol. The minimum absolute atomic E-state index is 0.0307. The normalized spacial score (nSPS) is 11.3. The smallest absolute Gasteiger partial charge is 0.336 e. The van der Waals surface area contributed by atoms with Crippen LogP contribution in [0.25, 0.3) is 0 Å². The van der Waals surface area contributed by atoms with Crippen molar-refractivity contribution in [3.05, 3.63) is 125 Å². The Kier molecular flexibility index (Phi) is 8.20. The predicted octanol–water partition coefficient (Wildman–Crippen LogP) is 5.81. The van der Waals surface area contributed by atoms with Gasteiger partial charge in [-0.05, 0) is 54.1 Å². The lowest BCUT2D eigenvalue weighted by molar-refractivity contribution is -0.115. The van der Waals surface area contributed by atoms with Crippen molar-refractivity contribution in [2.45, 2.75) is 10.1 Å². The van der Waals surface area contributed by atoms with E-state index in [4.69, 9.17) is 0 Å². The second-order valence-electron chi connectivity index (χ2n) is 8.12. The number of carbonyl (C=O) groups excluding carboxylic acids is 2. The van der Waals surface area contributed by atoms with Gasteiger partial charge in [0, 0.05) is 16.3 Å². The largest absolute Gasteiger partial charge is 0.478 e. The Morgan fingerprint density at radius 2 is 1.26 bits per heavy atom. The van der Waals surface area contributed by atoms with Crippen LogP contribution in [0.15, 0.2) is 108 Å².